The van der Waals surface area contributed by atoms with Gasteiger partial charge in [0.2, 0.25) is 0 Å². The molecule has 1 atom stereocenters. The number of hydrogen-bond acceptors (Lipinski definition) is 1. The van der Waals surface area contributed by atoms with Crippen LogP contribution in [-0.4, -0.2) is 7.11 Å². The van der Waals surface area contributed by atoms with Crippen molar-refractivity contribution in [2.24, 2.45) is 0 Å². The van der Waals surface area contributed by atoms with Gasteiger partial charge in [-0.25, -0.2) is 0 Å². The molecule has 1 nitrogen and oxygen atoms in total. The van der Waals surface area contributed by atoms with Crippen molar-refractivity contribution >= 4 is 39.1 Å². The normalized spacial score (nSPS) is 12.3. The Balaban J connectivity index is 2.52. The van der Waals surface area contributed by atoms with Crippen LogP contribution in [0.3, 0.4) is 0 Å². The highest BCUT2D eigenvalue weighted by atomic mass is 79.9. The summed E-state index contributed by atoms with van der Waals surface area (Å²) >= 11 is 16.1. The molecule has 100 valence electrons. The monoisotopic (exact) mass is 358 g/mol. The molecule has 0 aliphatic rings. The van der Waals surface area contributed by atoms with Crippen molar-refractivity contribution in [1.82, 2.24) is 0 Å². The lowest BCUT2D eigenvalue weighted by Crippen LogP contribution is -1.99. The molecule has 19 heavy (non-hydrogen) atoms. The molecule has 0 saturated carbocycles. The Morgan fingerprint density at radius 1 is 1.21 bits per heavy atom. The molecular weight excluding hydrogens is 347 g/mol. The van der Waals surface area contributed by atoms with Gasteiger partial charge in [0.15, 0.2) is 0 Å². The molecule has 0 aliphatic carbocycles. The van der Waals surface area contributed by atoms with E-state index < -0.39 is 0 Å². The molecule has 0 aromatic heterocycles. The maximum Gasteiger partial charge on any atom is 0.138 e. The summed E-state index contributed by atoms with van der Waals surface area (Å²) in [7, 11) is 1.62. The summed E-state index contributed by atoms with van der Waals surface area (Å²) in [5, 5.41) is 0.325. The number of hydrogen-bond donors (Lipinski definition) is 0. The zero-order valence-corrected chi connectivity index (χ0v) is 13.7. The second-order valence-electron chi connectivity index (χ2n) is 4.29. The second-order valence-corrected chi connectivity index (χ2v) is 6.01. The van der Waals surface area contributed by atoms with E-state index >= 15 is 0 Å². The van der Waals surface area contributed by atoms with Gasteiger partial charge >= 0.3 is 0 Å². The fraction of sp³-hybridized carbons (Fsp3) is 0.200. The van der Waals surface area contributed by atoms with E-state index in [4.69, 9.17) is 27.9 Å². The molecule has 2 aromatic carbocycles. The first-order chi connectivity index (χ1) is 9.02. The van der Waals surface area contributed by atoms with E-state index in [0.29, 0.717) is 10.8 Å². The van der Waals surface area contributed by atoms with Crippen LogP contribution in [0.1, 0.15) is 22.1 Å². The maximum absolute atomic E-state index is 6.57. The zero-order chi connectivity index (χ0) is 14.0. The largest absolute Gasteiger partial charge is 0.495 e. The minimum Gasteiger partial charge on any atom is -0.495 e. The van der Waals surface area contributed by atoms with Crippen LogP contribution in [0.2, 0.25) is 5.02 Å². The maximum atomic E-state index is 6.57. The van der Waals surface area contributed by atoms with Gasteiger partial charge in [0.25, 0.3) is 0 Å². The topological polar surface area (TPSA) is 9.23 Å². The van der Waals surface area contributed by atoms with Crippen molar-refractivity contribution in [3.8, 4) is 5.75 Å². The number of benzene rings is 2. The number of rotatable bonds is 3. The van der Waals surface area contributed by atoms with Crippen molar-refractivity contribution in [3.05, 3.63) is 62.6 Å². The first-order valence-electron chi connectivity index (χ1n) is 5.76. The number of ether oxygens (including phenoxy) is 1. The van der Waals surface area contributed by atoms with Crippen LogP contribution >= 0.6 is 39.1 Å². The number of alkyl halides is 1. The molecule has 0 saturated heterocycles. The predicted octanol–water partition coefficient (Wildman–Crippen LogP) is 5.75. The molecule has 0 fully saturated rings. The molecule has 0 spiro atoms. The molecule has 0 radical (unpaired) electrons. The Hall–Kier alpha value is -0.700. The summed E-state index contributed by atoms with van der Waals surface area (Å²) in [6, 6.07) is 11.7. The van der Waals surface area contributed by atoms with Gasteiger partial charge in [0.05, 0.1) is 17.0 Å². The summed E-state index contributed by atoms with van der Waals surface area (Å²) in [6.07, 6.45) is 0. The van der Waals surface area contributed by atoms with Gasteiger partial charge in [-0.3, -0.25) is 0 Å². The standard InChI is InChI=1S/C15H13BrCl2O/c1-9-4-3-5-10(6-9)14(18)12-7-11(17)8-13(16)15(12)19-2/h3-8,14H,1-2H3. The molecule has 0 amide bonds. The van der Waals surface area contributed by atoms with Gasteiger partial charge in [-0.05, 0) is 40.5 Å². The number of methoxy groups -OCH3 is 1. The molecule has 2 aromatic rings. The van der Waals surface area contributed by atoms with Crippen molar-refractivity contribution in [2.75, 3.05) is 7.11 Å². The van der Waals surface area contributed by atoms with Gasteiger partial charge in [-0.15, -0.1) is 11.6 Å². The van der Waals surface area contributed by atoms with Crippen molar-refractivity contribution in [1.29, 1.82) is 0 Å². The highest BCUT2D eigenvalue weighted by molar-refractivity contribution is 9.10. The molecule has 0 bridgehead atoms. The molecular formula is C15H13BrCl2O. The Morgan fingerprint density at radius 2 is 1.95 bits per heavy atom. The van der Waals surface area contributed by atoms with Crippen LogP contribution in [0.5, 0.6) is 5.75 Å². The van der Waals surface area contributed by atoms with Crippen LogP contribution in [0.25, 0.3) is 0 Å². The highest BCUT2D eigenvalue weighted by Crippen LogP contribution is 2.41. The van der Waals surface area contributed by atoms with Crippen LogP contribution in [0.15, 0.2) is 40.9 Å². The van der Waals surface area contributed by atoms with Crippen LogP contribution in [0.4, 0.5) is 0 Å². The van der Waals surface area contributed by atoms with E-state index in [1.54, 1.807) is 13.2 Å². The van der Waals surface area contributed by atoms with E-state index in [1.165, 1.54) is 5.56 Å². The second kappa shape index (κ2) is 6.17. The van der Waals surface area contributed by atoms with Crippen LogP contribution in [0, 0.1) is 6.92 Å². The fourth-order valence-corrected chi connectivity index (χ4v) is 3.28. The van der Waals surface area contributed by atoms with E-state index in [-0.39, 0.29) is 5.38 Å². The lowest BCUT2D eigenvalue weighted by molar-refractivity contribution is 0.407. The van der Waals surface area contributed by atoms with E-state index in [2.05, 4.69) is 22.0 Å². The van der Waals surface area contributed by atoms with Gasteiger partial charge in [-0.1, -0.05) is 41.4 Å². The van der Waals surface area contributed by atoms with E-state index in [0.717, 1.165) is 15.6 Å². The molecule has 2 rings (SSSR count). The zero-order valence-electron chi connectivity index (χ0n) is 10.6. The summed E-state index contributed by atoms with van der Waals surface area (Å²) in [6.45, 7) is 2.04. The van der Waals surface area contributed by atoms with Gasteiger partial charge in [-0.2, -0.15) is 0 Å². The number of halogens is 3. The Kier molecular flexibility index (Phi) is 4.77. The van der Waals surface area contributed by atoms with Gasteiger partial charge < -0.3 is 4.74 Å². The lowest BCUT2D eigenvalue weighted by Gasteiger charge is -2.16. The lowest BCUT2D eigenvalue weighted by atomic mass is 10.0. The van der Waals surface area contributed by atoms with E-state index in [1.807, 2.05) is 31.2 Å². The van der Waals surface area contributed by atoms with Crippen LogP contribution in [-0.2, 0) is 0 Å². The highest BCUT2D eigenvalue weighted by Gasteiger charge is 2.18. The summed E-state index contributed by atoms with van der Waals surface area (Å²) in [5.41, 5.74) is 3.05. The average molecular weight is 360 g/mol. The predicted molar refractivity (Wildman–Crippen MR) is 84.6 cm³/mol. The third kappa shape index (κ3) is 3.25. The Labute approximate surface area is 131 Å². The van der Waals surface area contributed by atoms with Crippen LogP contribution < -0.4 is 4.74 Å². The minimum absolute atomic E-state index is 0.301. The summed E-state index contributed by atoms with van der Waals surface area (Å²) in [4.78, 5) is 0. The number of aryl methyl sites for hydroxylation is 1. The van der Waals surface area contributed by atoms with Gasteiger partial charge in [0, 0.05) is 10.6 Å². The fourth-order valence-electron chi connectivity index (χ4n) is 1.99. The Morgan fingerprint density at radius 3 is 2.58 bits per heavy atom. The molecule has 0 N–H and O–H groups in total. The Bertz CT molecular complexity index is 599. The van der Waals surface area contributed by atoms with Crippen molar-refractivity contribution < 1.29 is 4.74 Å². The van der Waals surface area contributed by atoms with E-state index in [9.17, 15) is 0 Å². The molecule has 0 heterocycles. The minimum atomic E-state index is -0.301. The average Bonchev–Trinajstić information content (AvgIpc) is 2.37. The van der Waals surface area contributed by atoms with Gasteiger partial charge in [0.1, 0.15) is 5.75 Å². The third-order valence-corrected chi connectivity index (χ3v) is 4.14. The van der Waals surface area contributed by atoms with Crippen molar-refractivity contribution in [2.45, 2.75) is 12.3 Å². The smallest absolute Gasteiger partial charge is 0.138 e. The first kappa shape index (κ1) is 14.7. The SMILES string of the molecule is COc1c(Br)cc(Cl)cc1C(Cl)c1cccc(C)c1. The van der Waals surface area contributed by atoms with Crippen molar-refractivity contribution in [3.63, 3.8) is 0 Å². The first-order valence-corrected chi connectivity index (χ1v) is 7.37. The third-order valence-electron chi connectivity index (χ3n) is 2.85. The molecule has 0 aliphatic heterocycles. The summed E-state index contributed by atoms with van der Waals surface area (Å²) < 4.78 is 6.22. The molecule has 1 unspecified atom stereocenters. The summed E-state index contributed by atoms with van der Waals surface area (Å²) in [5.74, 6) is 0.714. The quantitative estimate of drug-likeness (QED) is 0.634. The molecule has 4 heteroatoms.